The van der Waals surface area contributed by atoms with Gasteiger partial charge in [0.25, 0.3) is 0 Å². The van der Waals surface area contributed by atoms with E-state index in [-0.39, 0.29) is 0 Å². The molecule has 0 aromatic rings. The monoisotopic (exact) mass is 105 g/mol. The van der Waals surface area contributed by atoms with Crippen LogP contribution >= 0.6 is 0 Å². The second-order valence-electron chi connectivity index (χ2n) is 1.26. The minimum atomic E-state index is -1.07. The molecule has 42 valence electrons. The third kappa shape index (κ3) is 2.13. The maximum Gasteiger partial charge on any atom is 0.362 e. The number of hydroxylamine groups is 1. The molecule has 0 aromatic heterocycles. The first-order chi connectivity index (χ1) is 3.18. The van der Waals surface area contributed by atoms with E-state index in [0.717, 1.165) is 0 Å². The number of hydrogen-bond donors (Lipinski definition) is 2. The summed E-state index contributed by atoms with van der Waals surface area (Å²) < 4.78 is 0. The van der Waals surface area contributed by atoms with Gasteiger partial charge in [-0.15, -0.1) is 0 Å². The van der Waals surface area contributed by atoms with Gasteiger partial charge in [-0.05, 0) is 6.92 Å². The zero-order valence-electron chi connectivity index (χ0n) is 3.92. The lowest BCUT2D eigenvalue weighted by Gasteiger charge is -2.04. The number of carbonyl (C=O) groups is 1. The fourth-order valence-corrected chi connectivity index (χ4v) is 0.0582. The topological polar surface area (TPSA) is 77.0 Å². The van der Waals surface area contributed by atoms with Crippen molar-refractivity contribution in [1.82, 2.24) is 0 Å². The first-order valence-electron chi connectivity index (χ1n) is 1.86. The Balaban J connectivity index is 3.34. The highest BCUT2D eigenvalue weighted by Crippen LogP contribution is 1.66. The Morgan fingerprint density at radius 2 is 2.43 bits per heavy atom. The number of hydrogen-bond acceptors (Lipinski definition) is 2. The summed E-state index contributed by atoms with van der Waals surface area (Å²) in [5, 5.41) is 17.5. The van der Waals surface area contributed by atoms with Crippen molar-refractivity contribution in [1.29, 1.82) is 0 Å². The van der Waals surface area contributed by atoms with Gasteiger partial charge in [0.1, 0.15) is 0 Å². The molecule has 0 spiro atoms. The van der Waals surface area contributed by atoms with Gasteiger partial charge < -0.3 is 15.8 Å². The molecule has 0 radical (unpaired) electrons. The van der Waals surface area contributed by atoms with E-state index >= 15 is 0 Å². The van der Waals surface area contributed by atoms with E-state index in [1.54, 1.807) is 0 Å². The van der Waals surface area contributed by atoms with Crippen molar-refractivity contribution in [2.75, 3.05) is 0 Å². The zero-order valence-corrected chi connectivity index (χ0v) is 3.92. The summed E-state index contributed by atoms with van der Waals surface area (Å²) in [4.78, 5) is 9.70. The summed E-state index contributed by atoms with van der Waals surface area (Å²) in [5.41, 5.74) is 0.391. The molecule has 0 fully saturated rings. The number of quaternary nitrogens is 1. The lowest BCUT2D eigenvalue weighted by Crippen LogP contribution is -2.85. The van der Waals surface area contributed by atoms with Gasteiger partial charge in [0.2, 0.25) is 0 Å². The van der Waals surface area contributed by atoms with E-state index in [2.05, 4.69) is 0 Å². The van der Waals surface area contributed by atoms with Gasteiger partial charge in [0.15, 0.2) is 6.04 Å². The average molecular weight is 105 g/mol. The van der Waals surface area contributed by atoms with E-state index in [1.165, 1.54) is 6.92 Å². The van der Waals surface area contributed by atoms with Gasteiger partial charge in [-0.25, -0.2) is 4.79 Å². The van der Waals surface area contributed by atoms with Crippen LogP contribution < -0.4 is 5.48 Å². The van der Waals surface area contributed by atoms with Crippen LogP contribution in [0, 0.1) is 5.21 Å². The van der Waals surface area contributed by atoms with Crippen molar-refractivity contribution in [3.8, 4) is 0 Å². The molecule has 1 atom stereocenters. The van der Waals surface area contributed by atoms with Crippen molar-refractivity contribution in [2.24, 2.45) is 0 Å². The lowest BCUT2D eigenvalue weighted by atomic mass is 10.4. The molecule has 0 amide bonds. The van der Waals surface area contributed by atoms with Gasteiger partial charge in [-0.2, -0.15) is 0 Å². The number of carboxylic acid groups (broad SMARTS) is 1. The number of nitrogens with two attached hydrogens (primary N) is 1. The van der Waals surface area contributed by atoms with Gasteiger partial charge >= 0.3 is 5.97 Å². The van der Waals surface area contributed by atoms with Crippen LogP contribution in [0.3, 0.4) is 0 Å². The smallest absolute Gasteiger partial charge is 0.362 e. The van der Waals surface area contributed by atoms with Crippen LogP contribution in [0.4, 0.5) is 0 Å². The third-order valence-electron chi connectivity index (χ3n) is 0.594. The molecule has 0 rings (SSSR count). The summed E-state index contributed by atoms with van der Waals surface area (Å²) >= 11 is 0. The molecule has 0 saturated heterocycles. The summed E-state index contributed by atoms with van der Waals surface area (Å²) in [7, 11) is 0. The molecule has 0 saturated carbocycles. The Labute approximate surface area is 40.7 Å². The molecule has 0 aromatic carbocycles. The minimum Gasteiger partial charge on any atom is -0.635 e. The van der Waals surface area contributed by atoms with Gasteiger partial charge in [-0.3, -0.25) is 0 Å². The summed E-state index contributed by atoms with van der Waals surface area (Å²) in [5.74, 6) is -1.07. The predicted octanol–water partition coefficient (Wildman–Crippen LogP) is -1.48. The zero-order chi connectivity index (χ0) is 5.86. The van der Waals surface area contributed by atoms with E-state index in [1.807, 2.05) is 0 Å². The van der Waals surface area contributed by atoms with E-state index in [9.17, 15) is 10.0 Å². The van der Waals surface area contributed by atoms with Crippen molar-refractivity contribution in [3.63, 3.8) is 0 Å². The van der Waals surface area contributed by atoms with E-state index in [4.69, 9.17) is 5.11 Å². The fraction of sp³-hybridized carbons (Fsp3) is 0.667. The minimum absolute atomic E-state index is 0.391. The molecule has 0 aliphatic rings. The van der Waals surface area contributed by atoms with Crippen molar-refractivity contribution < 1.29 is 15.4 Å². The molecule has 4 heteroatoms. The van der Waals surface area contributed by atoms with Crippen LogP contribution in [0.15, 0.2) is 0 Å². The molecule has 0 heterocycles. The highest BCUT2D eigenvalue weighted by atomic mass is 16.5. The summed E-state index contributed by atoms with van der Waals surface area (Å²) in [6, 6.07) is -0.861. The maximum absolute atomic E-state index is 9.70. The standard InChI is InChI=1S/C3H7NO3/c1-2(4-7)3(5)6/h2H,4H2,1H3,(H,5,6)/t2-/m1/s1. The molecule has 0 aliphatic heterocycles. The molecule has 4 nitrogen and oxygen atoms in total. The fourth-order valence-electron chi connectivity index (χ4n) is 0.0582. The lowest BCUT2D eigenvalue weighted by molar-refractivity contribution is -0.611. The third-order valence-corrected chi connectivity index (χ3v) is 0.594. The Hall–Kier alpha value is -0.610. The van der Waals surface area contributed by atoms with Crippen LogP contribution in [0.25, 0.3) is 0 Å². The van der Waals surface area contributed by atoms with Crippen molar-refractivity contribution in [2.45, 2.75) is 13.0 Å². The normalized spacial score (nSPS) is 13.4. The SMILES string of the molecule is C[C@@H]([NH2+][O-])C(=O)O. The van der Waals surface area contributed by atoms with Gasteiger partial charge in [-0.1, -0.05) is 0 Å². The molecular formula is C3H7NO3. The molecule has 7 heavy (non-hydrogen) atoms. The first kappa shape index (κ1) is 6.39. The highest BCUT2D eigenvalue weighted by molar-refractivity contribution is 5.71. The van der Waals surface area contributed by atoms with Gasteiger partial charge in [0.05, 0.1) is 0 Å². The first-order valence-corrected chi connectivity index (χ1v) is 1.86. The Morgan fingerprint density at radius 3 is 2.43 bits per heavy atom. The second kappa shape index (κ2) is 2.54. The number of carboxylic acids is 1. The van der Waals surface area contributed by atoms with Crippen molar-refractivity contribution >= 4 is 5.97 Å². The Kier molecular flexibility index (Phi) is 2.32. The van der Waals surface area contributed by atoms with Crippen molar-refractivity contribution in [3.05, 3.63) is 5.21 Å². The number of rotatable bonds is 2. The molecule has 0 aliphatic carbocycles. The average Bonchev–Trinajstić information content (AvgIpc) is 1.65. The molecule has 0 bridgehead atoms. The van der Waals surface area contributed by atoms with Crippen LogP contribution in [-0.2, 0) is 4.79 Å². The van der Waals surface area contributed by atoms with Crippen LogP contribution in [0.5, 0.6) is 0 Å². The second-order valence-corrected chi connectivity index (χ2v) is 1.26. The quantitative estimate of drug-likeness (QED) is 0.420. The van der Waals surface area contributed by atoms with E-state index in [0.29, 0.717) is 5.48 Å². The molecular weight excluding hydrogens is 98.0 g/mol. The number of aliphatic carboxylic acids is 1. The molecule has 3 N–H and O–H groups in total. The predicted molar refractivity (Wildman–Crippen MR) is 22.4 cm³/mol. The largest absolute Gasteiger partial charge is 0.635 e. The van der Waals surface area contributed by atoms with Crippen LogP contribution in [0.2, 0.25) is 0 Å². The maximum atomic E-state index is 9.70. The van der Waals surface area contributed by atoms with Crippen LogP contribution in [-0.4, -0.2) is 17.1 Å². The Bertz CT molecular complexity index is 72.6. The summed E-state index contributed by atoms with van der Waals surface area (Å²) in [6.07, 6.45) is 0. The summed E-state index contributed by atoms with van der Waals surface area (Å²) in [6.45, 7) is 1.33. The molecule has 0 unspecified atom stereocenters. The van der Waals surface area contributed by atoms with Gasteiger partial charge in [0, 0.05) is 0 Å². The van der Waals surface area contributed by atoms with E-state index < -0.39 is 12.0 Å². The van der Waals surface area contributed by atoms with Crippen LogP contribution in [0.1, 0.15) is 6.92 Å². The highest BCUT2D eigenvalue weighted by Gasteiger charge is 2.07. The Morgan fingerprint density at radius 1 is 2.00 bits per heavy atom.